The summed E-state index contributed by atoms with van der Waals surface area (Å²) < 4.78 is 0. The van der Waals surface area contributed by atoms with Gasteiger partial charge in [-0.25, -0.2) is 0 Å². The molecule has 0 unspecified atom stereocenters. The second-order valence-electron chi connectivity index (χ2n) is 11.1. The maximum Gasteiger partial charge on any atom is 0.112 e. The molecule has 37 heavy (non-hydrogen) atoms. The standard InChI is InChI=1S/C36H48P/c1-32(33-23-19-20-24-33)22-12-7-5-3-2-4-6-8-21-31-37(34-25-13-9-14-26-34,35-27-15-10-16-28-35)36-29-17-11-18-30-36/h9-11,13-18,25-30H,2-8,12,19-24,31H2,1H3/q+1. The van der Waals surface area contributed by atoms with E-state index in [4.69, 9.17) is 0 Å². The van der Waals surface area contributed by atoms with Crippen LogP contribution in [0.5, 0.6) is 0 Å². The number of unbranched alkanes of at least 4 members (excludes halogenated alkanes) is 8. The minimum absolute atomic E-state index is 1.26. The average molecular weight is 512 g/mol. The van der Waals surface area contributed by atoms with Crippen LogP contribution in [0.4, 0.5) is 0 Å². The Bertz CT molecular complexity index is 947. The fraction of sp³-hybridized carbons (Fsp3) is 0.444. The molecule has 3 aromatic rings. The second kappa shape index (κ2) is 15.3. The van der Waals surface area contributed by atoms with E-state index >= 15 is 0 Å². The maximum atomic E-state index is 2.39. The van der Waals surface area contributed by atoms with Gasteiger partial charge in [-0.1, -0.05) is 104 Å². The molecule has 196 valence electrons. The zero-order valence-electron chi connectivity index (χ0n) is 23.2. The molecular formula is C36H48P+. The minimum Gasteiger partial charge on any atom is -0.0741 e. The minimum atomic E-state index is -1.65. The van der Waals surface area contributed by atoms with E-state index in [1.54, 1.807) is 11.1 Å². The lowest BCUT2D eigenvalue weighted by atomic mass is 10.0. The number of rotatable bonds is 15. The summed E-state index contributed by atoms with van der Waals surface area (Å²) in [6.07, 6.45) is 20.8. The summed E-state index contributed by atoms with van der Waals surface area (Å²) in [5.41, 5.74) is 3.51. The van der Waals surface area contributed by atoms with Crippen LogP contribution in [-0.4, -0.2) is 6.16 Å². The summed E-state index contributed by atoms with van der Waals surface area (Å²) in [7, 11) is -1.65. The summed E-state index contributed by atoms with van der Waals surface area (Å²) in [6.45, 7) is 2.39. The fourth-order valence-corrected chi connectivity index (χ4v) is 10.7. The van der Waals surface area contributed by atoms with Crippen LogP contribution in [0.2, 0.25) is 0 Å². The molecule has 0 spiro atoms. The van der Waals surface area contributed by atoms with Gasteiger partial charge in [0.15, 0.2) is 0 Å². The summed E-state index contributed by atoms with van der Waals surface area (Å²) in [6, 6.07) is 34.1. The quantitative estimate of drug-likeness (QED) is 0.108. The lowest BCUT2D eigenvalue weighted by molar-refractivity contribution is 0.564. The third-order valence-corrected chi connectivity index (χ3v) is 13.0. The van der Waals surface area contributed by atoms with Crippen molar-refractivity contribution < 1.29 is 0 Å². The first-order chi connectivity index (χ1) is 18.3. The number of allylic oxidation sites excluding steroid dienone is 2. The van der Waals surface area contributed by atoms with Crippen molar-refractivity contribution in [1.82, 2.24) is 0 Å². The van der Waals surface area contributed by atoms with Gasteiger partial charge in [-0.2, -0.15) is 0 Å². The number of benzene rings is 3. The second-order valence-corrected chi connectivity index (χ2v) is 14.7. The molecule has 0 amide bonds. The Morgan fingerprint density at radius 2 is 0.892 bits per heavy atom. The Labute approximate surface area is 228 Å². The molecule has 0 aliphatic heterocycles. The third-order valence-electron chi connectivity index (χ3n) is 8.45. The molecule has 1 saturated carbocycles. The molecule has 0 atom stereocenters. The Hall–Kier alpha value is -2.17. The van der Waals surface area contributed by atoms with Gasteiger partial charge in [-0.15, -0.1) is 0 Å². The van der Waals surface area contributed by atoms with Gasteiger partial charge in [0.25, 0.3) is 0 Å². The molecule has 0 N–H and O–H groups in total. The van der Waals surface area contributed by atoms with Crippen LogP contribution in [0, 0.1) is 0 Å². The first kappa shape index (κ1) is 27.9. The van der Waals surface area contributed by atoms with Crippen LogP contribution in [0.1, 0.15) is 96.8 Å². The van der Waals surface area contributed by atoms with Gasteiger partial charge in [0, 0.05) is 0 Å². The maximum absolute atomic E-state index is 2.39. The highest BCUT2D eigenvalue weighted by molar-refractivity contribution is 7.95. The number of hydrogen-bond acceptors (Lipinski definition) is 0. The summed E-state index contributed by atoms with van der Waals surface area (Å²) in [4.78, 5) is 0. The predicted octanol–water partition coefficient (Wildman–Crippen LogP) is 9.77. The zero-order chi connectivity index (χ0) is 25.6. The zero-order valence-corrected chi connectivity index (χ0v) is 24.1. The van der Waals surface area contributed by atoms with E-state index < -0.39 is 7.26 Å². The van der Waals surface area contributed by atoms with E-state index in [9.17, 15) is 0 Å². The van der Waals surface area contributed by atoms with Crippen LogP contribution in [0.15, 0.2) is 102 Å². The Morgan fingerprint density at radius 3 is 1.32 bits per heavy atom. The predicted molar refractivity (Wildman–Crippen MR) is 167 cm³/mol. The van der Waals surface area contributed by atoms with Crippen molar-refractivity contribution in [2.75, 3.05) is 6.16 Å². The molecule has 1 aliphatic carbocycles. The molecule has 0 radical (unpaired) electrons. The molecule has 0 saturated heterocycles. The van der Waals surface area contributed by atoms with Crippen molar-refractivity contribution in [2.45, 2.75) is 96.8 Å². The smallest absolute Gasteiger partial charge is 0.0741 e. The Morgan fingerprint density at radius 1 is 0.514 bits per heavy atom. The molecule has 0 bridgehead atoms. The summed E-state index contributed by atoms with van der Waals surface area (Å²) >= 11 is 0. The third kappa shape index (κ3) is 7.91. The van der Waals surface area contributed by atoms with E-state index in [0.717, 1.165) is 0 Å². The van der Waals surface area contributed by atoms with Crippen LogP contribution >= 0.6 is 7.26 Å². The summed E-state index contributed by atoms with van der Waals surface area (Å²) in [5.74, 6) is 0. The summed E-state index contributed by atoms with van der Waals surface area (Å²) in [5, 5.41) is 4.56. The molecule has 0 nitrogen and oxygen atoms in total. The Balaban J connectivity index is 1.24. The van der Waals surface area contributed by atoms with Crippen molar-refractivity contribution in [3.8, 4) is 0 Å². The van der Waals surface area contributed by atoms with Gasteiger partial charge in [-0.05, 0) is 94.7 Å². The first-order valence-electron chi connectivity index (χ1n) is 15.0. The molecule has 0 heterocycles. The van der Waals surface area contributed by atoms with E-state index in [-0.39, 0.29) is 0 Å². The van der Waals surface area contributed by atoms with Gasteiger partial charge in [-0.3, -0.25) is 0 Å². The average Bonchev–Trinajstić information content (AvgIpc) is 3.51. The van der Waals surface area contributed by atoms with Crippen molar-refractivity contribution in [3.63, 3.8) is 0 Å². The van der Waals surface area contributed by atoms with Crippen LogP contribution in [0.3, 0.4) is 0 Å². The highest BCUT2D eigenvalue weighted by Gasteiger charge is 2.44. The monoisotopic (exact) mass is 511 g/mol. The highest BCUT2D eigenvalue weighted by atomic mass is 31.2. The van der Waals surface area contributed by atoms with Crippen LogP contribution < -0.4 is 15.9 Å². The van der Waals surface area contributed by atoms with Gasteiger partial charge < -0.3 is 0 Å². The lowest BCUT2D eigenvalue weighted by Gasteiger charge is -2.27. The van der Waals surface area contributed by atoms with Gasteiger partial charge in [0.2, 0.25) is 0 Å². The van der Waals surface area contributed by atoms with E-state index in [2.05, 4.69) is 97.9 Å². The van der Waals surface area contributed by atoms with Crippen molar-refractivity contribution in [2.24, 2.45) is 0 Å². The number of hydrogen-bond donors (Lipinski definition) is 0. The molecule has 4 rings (SSSR count). The van der Waals surface area contributed by atoms with Crippen molar-refractivity contribution >= 4 is 23.2 Å². The van der Waals surface area contributed by atoms with Crippen molar-refractivity contribution in [3.05, 3.63) is 102 Å². The van der Waals surface area contributed by atoms with Gasteiger partial charge >= 0.3 is 0 Å². The van der Waals surface area contributed by atoms with Gasteiger partial charge in [0.1, 0.15) is 23.2 Å². The molecular weight excluding hydrogens is 463 g/mol. The first-order valence-corrected chi connectivity index (χ1v) is 17.0. The van der Waals surface area contributed by atoms with Crippen LogP contribution in [-0.2, 0) is 0 Å². The van der Waals surface area contributed by atoms with E-state index in [0.29, 0.717) is 0 Å². The topological polar surface area (TPSA) is 0 Å². The molecule has 0 aromatic heterocycles. The van der Waals surface area contributed by atoms with E-state index in [1.165, 1.54) is 112 Å². The normalized spacial score (nSPS) is 13.7. The van der Waals surface area contributed by atoms with Gasteiger partial charge in [0.05, 0.1) is 6.16 Å². The van der Waals surface area contributed by atoms with E-state index in [1.807, 2.05) is 0 Å². The van der Waals surface area contributed by atoms with Crippen LogP contribution in [0.25, 0.3) is 0 Å². The Kier molecular flexibility index (Phi) is 11.5. The largest absolute Gasteiger partial charge is 0.112 e. The lowest BCUT2D eigenvalue weighted by Crippen LogP contribution is -2.33. The molecule has 3 aromatic carbocycles. The highest BCUT2D eigenvalue weighted by Crippen LogP contribution is 2.56. The fourth-order valence-electron chi connectivity index (χ4n) is 6.26. The molecule has 1 aliphatic rings. The molecule has 1 heteroatoms. The molecule has 1 fully saturated rings. The SMILES string of the molecule is CC(CCCCCCCCCCC[P+](c1ccccc1)(c1ccccc1)c1ccccc1)=C1CCCC1. The van der Waals surface area contributed by atoms with Crippen molar-refractivity contribution in [1.29, 1.82) is 0 Å².